The van der Waals surface area contributed by atoms with E-state index >= 15 is 0 Å². The van der Waals surface area contributed by atoms with Crippen LogP contribution in [-0.4, -0.2) is 37.2 Å². The van der Waals surface area contributed by atoms with E-state index < -0.39 is 11.7 Å². The number of carbonyl (C=O) groups excluding carboxylic acids is 1. The predicted octanol–water partition coefficient (Wildman–Crippen LogP) is 4.98. The van der Waals surface area contributed by atoms with Crippen molar-refractivity contribution in [3.05, 3.63) is 78.0 Å². The van der Waals surface area contributed by atoms with Crippen LogP contribution in [0.25, 0.3) is 0 Å². The summed E-state index contributed by atoms with van der Waals surface area (Å²) in [4.78, 5) is 19.3. The van der Waals surface area contributed by atoms with Gasteiger partial charge in [0.2, 0.25) is 0 Å². The zero-order valence-corrected chi connectivity index (χ0v) is 16.9. The number of hydrogen-bond acceptors (Lipinski definition) is 5. The number of rotatable bonds is 5. The SMILES string of the molecule is O=C(Nc1cccnc1N1CCOCC1)c1cccc(Oc2cccc(C(F)(F)F)c2)c1. The Morgan fingerprint density at radius 3 is 2.47 bits per heavy atom. The minimum atomic E-state index is -4.47. The zero-order valence-electron chi connectivity index (χ0n) is 16.9. The van der Waals surface area contributed by atoms with E-state index in [1.807, 2.05) is 4.90 Å². The minimum absolute atomic E-state index is 0.0271. The number of nitrogens with zero attached hydrogens (tertiary/aromatic N) is 2. The number of carbonyl (C=O) groups is 1. The fourth-order valence-electron chi connectivity index (χ4n) is 3.29. The number of alkyl halides is 3. The molecule has 0 radical (unpaired) electrons. The molecule has 0 bridgehead atoms. The molecule has 1 aliphatic rings. The summed E-state index contributed by atoms with van der Waals surface area (Å²) < 4.78 is 49.7. The van der Waals surface area contributed by atoms with E-state index in [-0.39, 0.29) is 17.4 Å². The Kier molecular flexibility index (Phi) is 6.27. The normalized spacial score (nSPS) is 14.2. The lowest BCUT2D eigenvalue weighted by Crippen LogP contribution is -2.37. The van der Waals surface area contributed by atoms with Gasteiger partial charge in [0, 0.05) is 24.8 Å². The number of pyridine rings is 1. The highest BCUT2D eigenvalue weighted by Gasteiger charge is 2.30. The van der Waals surface area contributed by atoms with E-state index in [9.17, 15) is 18.0 Å². The number of anilines is 2. The molecule has 0 aliphatic carbocycles. The molecular formula is C23H20F3N3O3. The maximum absolute atomic E-state index is 12.9. The second-order valence-electron chi connectivity index (χ2n) is 7.08. The molecule has 166 valence electrons. The Morgan fingerprint density at radius 2 is 1.72 bits per heavy atom. The summed E-state index contributed by atoms with van der Waals surface area (Å²) in [6.45, 7) is 2.50. The number of halogens is 3. The van der Waals surface area contributed by atoms with Crippen molar-refractivity contribution >= 4 is 17.4 Å². The molecule has 6 nitrogen and oxygen atoms in total. The third-order valence-electron chi connectivity index (χ3n) is 4.84. The number of morpholine rings is 1. The number of amides is 1. The van der Waals surface area contributed by atoms with Gasteiger partial charge >= 0.3 is 6.18 Å². The van der Waals surface area contributed by atoms with Crippen molar-refractivity contribution in [3.8, 4) is 11.5 Å². The van der Waals surface area contributed by atoms with Crippen LogP contribution in [-0.2, 0) is 10.9 Å². The van der Waals surface area contributed by atoms with Crippen LogP contribution in [0.15, 0.2) is 66.9 Å². The van der Waals surface area contributed by atoms with Gasteiger partial charge in [-0.25, -0.2) is 4.98 Å². The molecule has 1 amide bonds. The molecule has 0 saturated carbocycles. The first-order valence-corrected chi connectivity index (χ1v) is 9.94. The topological polar surface area (TPSA) is 63.7 Å². The van der Waals surface area contributed by atoms with Gasteiger partial charge in [-0.15, -0.1) is 0 Å². The first kappa shape index (κ1) is 21.6. The van der Waals surface area contributed by atoms with Crippen LogP contribution < -0.4 is 15.0 Å². The van der Waals surface area contributed by atoms with E-state index in [4.69, 9.17) is 9.47 Å². The lowest BCUT2D eigenvalue weighted by atomic mass is 10.2. The van der Waals surface area contributed by atoms with Crippen molar-refractivity contribution < 1.29 is 27.4 Å². The molecule has 1 aromatic heterocycles. The lowest BCUT2D eigenvalue weighted by molar-refractivity contribution is -0.137. The highest BCUT2D eigenvalue weighted by molar-refractivity contribution is 6.05. The third kappa shape index (κ3) is 5.17. The smallest absolute Gasteiger partial charge is 0.416 e. The molecule has 1 fully saturated rings. The number of benzene rings is 2. The van der Waals surface area contributed by atoms with Gasteiger partial charge in [-0.05, 0) is 48.5 Å². The molecule has 2 aromatic carbocycles. The molecule has 9 heteroatoms. The van der Waals surface area contributed by atoms with Crippen molar-refractivity contribution in [1.29, 1.82) is 0 Å². The largest absolute Gasteiger partial charge is 0.457 e. The average molecular weight is 443 g/mol. The maximum Gasteiger partial charge on any atom is 0.416 e. The van der Waals surface area contributed by atoms with E-state index in [1.54, 1.807) is 36.5 Å². The van der Waals surface area contributed by atoms with Crippen LogP contribution in [0, 0.1) is 0 Å². The first-order valence-electron chi connectivity index (χ1n) is 9.94. The molecule has 2 heterocycles. The molecule has 4 rings (SSSR count). The van der Waals surface area contributed by atoms with Gasteiger partial charge in [0.05, 0.1) is 24.5 Å². The van der Waals surface area contributed by atoms with Gasteiger partial charge < -0.3 is 19.7 Å². The quantitative estimate of drug-likeness (QED) is 0.603. The molecule has 0 unspecified atom stereocenters. The fraction of sp³-hybridized carbons (Fsp3) is 0.217. The first-order chi connectivity index (χ1) is 15.4. The monoisotopic (exact) mass is 443 g/mol. The van der Waals surface area contributed by atoms with Crippen LogP contribution in [0.2, 0.25) is 0 Å². The van der Waals surface area contributed by atoms with Crippen LogP contribution >= 0.6 is 0 Å². The Bertz CT molecular complexity index is 1100. The molecule has 32 heavy (non-hydrogen) atoms. The Morgan fingerprint density at radius 1 is 1.00 bits per heavy atom. The van der Waals surface area contributed by atoms with E-state index in [0.717, 1.165) is 12.1 Å². The molecule has 1 saturated heterocycles. The Balaban J connectivity index is 1.50. The maximum atomic E-state index is 12.9. The zero-order chi connectivity index (χ0) is 22.6. The van der Waals surface area contributed by atoms with E-state index in [1.165, 1.54) is 18.2 Å². The van der Waals surface area contributed by atoms with Crippen molar-refractivity contribution in [2.75, 3.05) is 36.5 Å². The standard InChI is InChI=1S/C23H20F3N3O3/c24-23(25,26)17-5-2-7-19(15-17)32-18-6-1-4-16(14-18)22(30)28-20-8-3-9-27-21(20)29-10-12-31-13-11-29/h1-9,14-15H,10-13H2,(H,28,30). The second-order valence-corrected chi connectivity index (χ2v) is 7.08. The van der Waals surface area contributed by atoms with E-state index in [0.29, 0.717) is 43.4 Å². The van der Waals surface area contributed by atoms with Crippen molar-refractivity contribution in [1.82, 2.24) is 4.98 Å². The number of ether oxygens (including phenoxy) is 2. The molecule has 3 aromatic rings. The Labute approximate surface area is 182 Å². The summed E-state index contributed by atoms with van der Waals surface area (Å²) >= 11 is 0. The van der Waals surface area contributed by atoms with Gasteiger partial charge in [0.25, 0.3) is 5.91 Å². The highest BCUT2D eigenvalue weighted by atomic mass is 19.4. The van der Waals surface area contributed by atoms with Crippen LogP contribution in [0.4, 0.5) is 24.7 Å². The summed E-state index contributed by atoms with van der Waals surface area (Å²) in [6.07, 6.45) is -2.81. The van der Waals surface area contributed by atoms with Gasteiger partial charge in [-0.2, -0.15) is 13.2 Å². The molecule has 0 spiro atoms. The Hall–Kier alpha value is -3.59. The van der Waals surface area contributed by atoms with Crippen molar-refractivity contribution in [2.24, 2.45) is 0 Å². The average Bonchev–Trinajstić information content (AvgIpc) is 2.80. The van der Waals surface area contributed by atoms with Crippen LogP contribution in [0.5, 0.6) is 11.5 Å². The van der Waals surface area contributed by atoms with E-state index in [2.05, 4.69) is 10.3 Å². The van der Waals surface area contributed by atoms with Crippen molar-refractivity contribution in [2.45, 2.75) is 6.18 Å². The highest BCUT2D eigenvalue weighted by Crippen LogP contribution is 2.33. The fourth-order valence-corrected chi connectivity index (χ4v) is 3.29. The van der Waals surface area contributed by atoms with Crippen molar-refractivity contribution in [3.63, 3.8) is 0 Å². The summed E-state index contributed by atoms with van der Waals surface area (Å²) in [5.41, 5.74) is 0.0472. The third-order valence-corrected chi connectivity index (χ3v) is 4.84. The lowest BCUT2D eigenvalue weighted by Gasteiger charge is -2.29. The van der Waals surface area contributed by atoms with Crippen LogP contribution in [0.3, 0.4) is 0 Å². The van der Waals surface area contributed by atoms with Gasteiger partial charge in [-0.3, -0.25) is 4.79 Å². The van der Waals surface area contributed by atoms with Gasteiger partial charge in [0.15, 0.2) is 5.82 Å². The predicted molar refractivity (Wildman–Crippen MR) is 113 cm³/mol. The minimum Gasteiger partial charge on any atom is -0.457 e. The second kappa shape index (κ2) is 9.27. The van der Waals surface area contributed by atoms with Gasteiger partial charge in [-0.1, -0.05) is 12.1 Å². The summed E-state index contributed by atoms with van der Waals surface area (Å²) in [6, 6.07) is 14.3. The molecule has 1 N–H and O–H groups in total. The number of hydrogen-bond donors (Lipinski definition) is 1. The van der Waals surface area contributed by atoms with Gasteiger partial charge in [0.1, 0.15) is 11.5 Å². The molecular weight excluding hydrogens is 423 g/mol. The summed E-state index contributed by atoms with van der Waals surface area (Å²) in [5, 5.41) is 2.86. The summed E-state index contributed by atoms with van der Waals surface area (Å²) in [7, 11) is 0. The molecule has 1 aliphatic heterocycles. The number of nitrogens with one attached hydrogen (secondary N) is 1. The molecule has 0 atom stereocenters. The summed E-state index contributed by atoms with van der Waals surface area (Å²) in [5.74, 6) is 0.540. The number of aromatic nitrogens is 1. The van der Waals surface area contributed by atoms with Crippen LogP contribution in [0.1, 0.15) is 15.9 Å².